The molecule has 0 amide bonds. The van der Waals surface area contributed by atoms with Crippen molar-refractivity contribution >= 4 is 51.4 Å². The quantitative estimate of drug-likeness (QED) is 0.289. The summed E-state index contributed by atoms with van der Waals surface area (Å²) in [5.74, 6) is 0. The number of anilines is 1. The molecule has 0 saturated heterocycles. The van der Waals surface area contributed by atoms with Crippen LogP contribution in [-0.4, -0.2) is 4.57 Å². The molecule has 1 aliphatic heterocycles. The van der Waals surface area contributed by atoms with Gasteiger partial charge in [-0.1, -0.05) is 60.7 Å². The Kier molecular flexibility index (Phi) is 3.67. The lowest BCUT2D eigenvalue weighted by Gasteiger charge is -2.14. The first-order chi connectivity index (χ1) is 13.9. The van der Waals surface area contributed by atoms with E-state index in [1.807, 2.05) is 0 Å². The summed E-state index contributed by atoms with van der Waals surface area (Å²) in [4.78, 5) is 2.61. The molecule has 2 heterocycles. The van der Waals surface area contributed by atoms with Crippen LogP contribution in [0.4, 0.5) is 5.69 Å². The second kappa shape index (κ2) is 6.36. The van der Waals surface area contributed by atoms with Crippen molar-refractivity contribution in [2.24, 2.45) is 0 Å². The second-order valence-corrected chi connectivity index (χ2v) is 8.92. The predicted molar refractivity (Wildman–Crippen MR) is 121 cm³/mol. The third kappa shape index (κ3) is 2.38. The molecule has 0 radical (unpaired) electrons. The van der Waals surface area contributed by atoms with E-state index in [4.69, 9.17) is 0 Å². The zero-order chi connectivity index (χ0) is 18.5. The maximum Gasteiger partial charge on any atom is 0.0690 e. The zero-order valence-corrected chi connectivity index (χ0v) is 16.6. The van der Waals surface area contributed by atoms with Gasteiger partial charge in [0.25, 0.3) is 0 Å². The number of para-hydroxylation sites is 3. The van der Waals surface area contributed by atoms with Gasteiger partial charge >= 0.3 is 0 Å². The van der Waals surface area contributed by atoms with Crippen LogP contribution in [0.25, 0.3) is 27.5 Å². The van der Waals surface area contributed by atoms with Crippen molar-refractivity contribution in [1.29, 1.82) is 0 Å². The minimum absolute atomic E-state index is 1.21. The minimum Gasteiger partial charge on any atom is -0.308 e. The first-order valence-electron chi connectivity index (χ1n) is 9.23. The molecule has 0 saturated carbocycles. The Hall–Kier alpha value is -2.82. The molecular formula is C24H16N2S2. The summed E-state index contributed by atoms with van der Waals surface area (Å²) < 4.78 is 4.70. The van der Waals surface area contributed by atoms with Gasteiger partial charge in [-0.3, -0.25) is 0 Å². The second-order valence-electron chi connectivity index (χ2n) is 6.75. The highest BCUT2D eigenvalue weighted by Crippen LogP contribution is 2.52. The van der Waals surface area contributed by atoms with E-state index in [1.165, 1.54) is 43.0 Å². The normalized spacial score (nSPS) is 13.4. The highest BCUT2D eigenvalue weighted by Gasteiger charge is 2.26. The molecule has 4 aromatic carbocycles. The van der Waals surface area contributed by atoms with Gasteiger partial charge in [0, 0.05) is 39.6 Å². The standard InChI is InChI=1S/C24H16N2S2/c1-2-9-17(10-3-1)26-27-23-16-8-15-22(24(23)28-26)25-20-13-6-4-11-18(20)19-12-5-7-14-21(19)25/h1-16H. The van der Waals surface area contributed by atoms with Crippen LogP contribution in [-0.2, 0) is 0 Å². The Labute approximate surface area is 172 Å². The molecule has 28 heavy (non-hydrogen) atoms. The summed E-state index contributed by atoms with van der Waals surface area (Å²) in [5.41, 5.74) is 4.95. The average Bonchev–Trinajstić information content (AvgIpc) is 3.34. The van der Waals surface area contributed by atoms with E-state index in [0.717, 1.165) is 0 Å². The molecule has 0 atom stereocenters. The van der Waals surface area contributed by atoms with Crippen LogP contribution in [0.15, 0.2) is 107 Å². The van der Waals surface area contributed by atoms with E-state index in [2.05, 4.69) is 105 Å². The number of nitrogens with zero attached hydrogens (tertiary/aromatic N) is 2. The monoisotopic (exact) mass is 396 g/mol. The SMILES string of the molecule is c1ccc(N2Sc3cccc(-n4c5ccccc5c5ccccc54)c3S2)cc1. The third-order valence-electron chi connectivity index (χ3n) is 5.10. The average molecular weight is 397 g/mol. The van der Waals surface area contributed by atoms with E-state index < -0.39 is 0 Å². The van der Waals surface area contributed by atoms with E-state index in [-0.39, 0.29) is 0 Å². The molecule has 6 rings (SSSR count). The predicted octanol–water partition coefficient (Wildman–Crippen LogP) is 7.32. The van der Waals surface area contributed by atoms with Gasteiger partial charge in [0.1, 0.15) is 0 Å². The van der Waals surface area contributed by atoms with Crippen molar-refractivity contribution in [3.8, 4) is 5.69 Å². The molecule has 0 fully saturated rings. The van der Waals surface area contributed by atoms with Crippen molar-refractivity contribution in [3.63, 3.8) is 0 Å². The number of hydrogen-bond donors (Lipinski definition) is 0. The Morgan fingerprint density at radius 3 is 1.89 bits per heavy atom. The molecule has 0 spiro atoms. The fourth-order valence-corrected chi connectivity index (χ4v) is 6.25. The lowest BCUT2D eigenvalue weighted by atomic mass is 10.2. The number of rotatable bonds is 2. The summed E-state index contributed by atoms with van der Waals surface area (Å²) in [6, 6.07) is 34.5. The van der Waals surface area contributed by atoms with Gasteiger partial charge in [-0.2, -0.15) is 0 Å². The highest BCUT2D eigenvalue weighted by molar-refractivity contribution is 8.20. The first kappa shape index (κ1) is 16.2. The van der Waals surface area contributed by atoms with Crippen molar-refractivity contribution in [2.75, 3.05) is 3.71 Å². The number of aromatic nitrogens is 1. The van der Waals surface area contributed by atoms with Gasteiger partial charge in [-0.25, -0.2) is 3.71 Å². The minimum atomic E-state index is 1.21. The summed E-state index contributed by atoms with van der Waals surface area (Å²) in [6.45, 7) is 0. The van der Waals surface area contributed by atoms with E-state index >= 15 is 0 Å². The van der Waals surface area contributed by atoms with Crippen LogP contribution >= 0.6 is 23.9 Å². The molecule has 0 aliphatic carbocycles. The van der Waals surface area contributed by atoms with Crippen molar-refractivity contribution < 1.29 is 0 Å². The topological polar surface area (TPSA) is 8.17 Å². The number of fused-ring (bicyclic) bond motifs is 4. The molecule has 4 heteroatoms. The Morgan fingerprint density at radius 1 is 0.536 bits per heavy atom. The Balaban J connectivity index is 1.58. The summed E-state index contributed by atoms with van der Waals surface area (Å²) in [5, 5.41) is 2.59. The Morgan fingerprint density at radius 2 is 1.18 bits per heavy atom. The van der Waals surface area contributed by atoms with Crippen molar-refractivity contribution in [3.05, 3.63) is 97.1 Å². The largest absolute Gasteiger partial charge is 0.308 e. The van der Waals surface area contributed by atoms with E-state index in [9.17, 15) is 0 Å². The fourth-order valence-electron chi connectivity index (χ4n) is 3.87. The molecule has 0 bridgehead atoms. The fraction of sp³-hybridized carbons (Fsp3) is 0. The van der Waals surface area contributed by atoms with Gasteiger partial charge in [-0.15, -0.1) is 0 Å². The lowest BCUT2D eigenvalue weighted by Crippen LogP contribution is -1.98. The van der Waals surface area contributed by atoms with Crippen LogP contribution in [0.3, 0.4) is 0 Å². The maximum atomic E-state index is 2.41. The van der Waals surface area contributed by atoms with Crippen LogP contribution in [0.2, 0.25) is 0 Å². The zero-order valence-electron chi connectivity index (χ0n) is 14.9. The van der Waals surface area contributed by atoms with Gasteiger partial charge in [0.05, 0.1) is 27.3 Å². The van der Waals surface area contributed by atoms with Gasteiger partial charge in [0.15, 0.2) is 0 Å². The van der Waals surface area contributed by atoms with Crippen molar-refractivity contribution in [2.45, 2.75) is 9.79 Å². The van der Waals surface area contributed by atoms with Crippen LogP contribution in [0, 0.1) is 0 Å². The summed E-state index contributed by atoms with van der Waals surface area (Å²) in [7, 11) is 0. The van der Waals surface area contributed by atoms with Gasteiger partial charge in [-0.05, 0) is 36.4 Å². The molecule has 1 aliphatic rings. The molecule has 0 unspecified atom stereocenters. The number of benzene rings is 4. The number of hydrogen-bond acceptors (Lipinski definition) is 3. The van der Waals surface area contributed by atoms with Crippen molar-refractivity contribution in [1.82, 2.24) is 4.57 Å². The third-order valence-corrected chi connectivity index (χ3v) is 7.58. The van der Waals surface area contributed by atoms with Crippen LogP contribution in [0.5, 0.6) is 0 Å². The first-order valence-corrected chi connectivity index (χ1v) is 10.8. The molecule has 0 N–H and O–H groups in total. The molecule has 134 valence electrons. The maximum absolute atomic E-state index is 2.41. The van der Waals surface area contributed by atoms with Crippen LogP contribution < -0.4 is 3.71 Å². The van der Waals surface area contributed by atoms with Gasteiger partial charge in [0.2, 0.25) is 0 Å². The molecular weight excluding hydrogens is 380 g/mol. The lowest BCUT2D eigenvalue weighted by molar-refractivity contribution is 1.08. The van der Waals surface area contributed by atoms with Gasteiger partial charge < -0.3 is 4.57 Å². The molecule has 5 aromatic rings. The summed E-state index contributed by atoms with van der Waals surface area (Å²) >= 11 is 3.60. The van der Waals surface area contributed by atoms with E-state index in [0.29, 0.717) is 0 Å². The molecule has 2 nitrogen and oxygen atoms in total. The summed E-state index contributed by atoms with van der Waals surface area (Å²) in [6.07, 6.45) is 0. The molecule has 1 aromatic heterocycles. The smallest absolute Gasteiger partial charge is 0.0690 e. The van der Waals surface area contributed by atoms with Crippen LogP contribution in [0.1, 0.15) is 0 Å². The highest BCUT2D eigenvalue weighted by atomic mass is 32.2. The van der Waals surface area contributed by atoms with E-state index in [1.54, 1.807) is 23.9 Å². The Bertz CT molecular complexity index is 1270.